The quantitative estimate of drug-likeness (QED) is 0.0316. The highest BCUT2D eigenvalue weighted by atomic mass is 35.5. The minimum Gasteiger partial charge on any atom is -0.508 e. The van der Waals surface area contributed by atoms with Crippen LogP contribution in [0, 0.1) is 11.8 Å². The summed E-state index contributed by atoms with van der Waals surface area (Å²) in [4.78, 5) is 119. The summed E-state index contributed by atoms with van der Waals surface area (Å²) in [5, 5.41) is 122. The lowest BCUT2D eigenvalue weighted by Crippen LogP contribution is -2.65. The van der Waals surface area contributed by atoms with E-state index in [0.717, 1.165) is 88.3 Å². The number of ether oxygens (including phenoxy) is 6. The predicted octanol–water partition coefficient (Wildman–Crippen LogP) is 6.36. The number of rotatable bonds is 23. The number of unbranched alkanes of at least 4 members (excludes halogenated alkanes) is 7. The summed E-state index contributed by atoms with van der Waals surface area (Å²) in [5.41, 5.74) is 3.06. The lowest BCUT2D eigenvalue weighted by molar-refractivity contribution is -0.334. The minimum atomic E-state index is -2.16. The SMILES string of the molecule is CCCCCCCCCCNC1(C)CC(OC2C(Oc3c4cc5cc3Oc3ccc(cc3Cl)C(O)C3NC(=O)C(CC(=O)C5NC(=O)C(CC(N)=O)CC(=O)C(NC(=O)C(CC(C)C)NC)C(O)c5ccc(c(Cl)c5)O4)c4ccc(O)c(c4)-c4c(O)cc(O)cc4C(C(C)=O)NC3=O)OC(CO)C(O)C2O)OC(C)C1O. The zero-order chi connectivity index (χ0) is 80.6. The number of aromatic hydroxyl groups is 3. The molecular weight excluding hydrogens is 1490 g/mol. The van der Waals surface area contributed by atoms with Crippen molar-refractivity contribution in [3.8, 4) is 57.1 Å². The summed E-state index contributed by atoms with van der Waals surface area (Å²) < 4.78 is 39.6. The van der Waals surface area contributed by atoms with E-state index in [4.69, 9.17) is 57.4 Å². The van der Waals surface area contributed by atoms with Crippen LogP contribution in [-0.4, -0.2) is 186 Å². The zero-order valence-electron chi connectivity index (χ0n) is 62.6. The second-order valence-electron chi connectivity index (χ2n) is 29.9. The van der Waals surface area contributed by atoms with Gasteiger partial charge >= 0.3 is 0 Å². The van der Waals surface area contributed by atoms with Crippen LogP contribution in [-0.2, 0) is 52.6 Å². The van der Waals surface area contributed by atoms with Gasteiger partial charge in [-0.05, 0) is 136 Å². The number of aliphatic hydroxyl groups excluding tert-OH is 6. The summed E-state index contributed by atoms with van der Waals surface area (Å²) in [7, 11) is 1.51. The molecule has 7 heterocycles. The number of carbonyl (C=O) groups is 8. The highest BCUT2D eigenvalue weighted by molar-refractivity contribution is 6.32. The van der Waals surface area contributed by atoms with Crippen LogP contribution < -0.4 is 51.8 Å². The number of benzene rings is 5. The molecule has 11 bridgehead atoms. The summed E-state index contributed by atoms with van der Waals surface area (Å²) in [6, 6.07) is 6.09. The highest BCUT2D eigenvalue weighted by Crippen LogP contribution is 2.51. The molecule has 32 heteroatoms. The van der Waals surface area contributed by atoms with Gasteiger partial charge in [-0.3, -0.25) is 38.4 Å². The van der Waals surface area contributed by atoms with E-state index in [-0.39, 0.29) is 79.2 Å². The fraction of sp³-hybridized carbons (Fsp3) is 0.519. The van der Waals surface area contributed by atoms with Crippen molar-refractivity contribution in [3.63, 3.8) is 0 Å². The Hall–Kier alpha value is -8.60. The molecule has 2 fully saturated rings. The van der Waals surface area contributed by atoms with Crippen molar-refractivity contribution in [2.45, 2.75) is 228 Å². The summed E-state index contributed by atoms with van der Waals surface area (Å²) in [6.45, 7) is 9.91. The molecule has 0 aliphatic carbocycles. The van der Waals surface area contributed by atoms with Crippen molar-refractivity contribution in [2.75, 3.05) is 20.2 Å². The second-order valence-corrected chi connectivity index (χ2v) is 30.7. The Morgan fingerprint density at radius 1 is 0.712 bits per heavy atom. The van der Waals surface area contributed by atoms with E-state index >= 15 is 24.0 Å². The van der Waals surface area contributed by atoms with Gasteiger partial charge in [0.25, 0.3) is 0 Å². The smallest absolute Gasteiger partial charge is 0.246 e. The predicted molar refractivity (Wildman–Crippen MR) is 401 cm³/mol. The molecule has 0 spiro atoms. The van der Waals surface area contributed by atoms with Crippen LogP contribution >= 0.6 is 23.2 Å². The second kappa shape index (κ2) is 36.9. The van der Waals surface area contributed by atoms with E-state index < -0.39 is 216 Å². The molecule has 0 aromatic heterocycles. The number of amides is 5. The third-order valence-corrected chi connectivity index (χ3v) is 21.6. The number of phenolic OH excluding ortho intramolecular Hbond substituents is 3. The van der Waals surface area contributed by atoms with Crippen LogP contribution in [0.5, 0.6) is 46.0 Å². The number of halogens is 2. The molecule has 111 heavy (non-hydrogen) atoms. The van der Waals surface area contributed by atoms with Crippen LogP contribution in [0.3, 0.4) is 0 Å². The van der Waals surface area contributed by atoms with E-state index in [1.54, 1.807) is 13.8 Å². The van der Waals surface area contributed by atoms with Crippen molar-refractivity contribution in [3.05, 3.63) is 117 Å². The number of hydrogen-bond acceptors (Lipinski definition) is 25. The van der Waals surface area contributed by atoms with Crippen LogP contribution in [0.4, 0.5) is 0 Å². The van der Waals surface area contributed by atoms with E-state index in [1.807, 2.05) is 13.8 Å². The molecule has 30 nitrogen and oxygen atoms in total. The van der Waals surface area contributed by atoms with Gasteiger partial charge in [0, 0.05) is 48.4 Å². The Bertz CT molecular complexity index is 4270. The number of likely N-dealkylation sites (N-methyl/N-ethyl adjacent to an activating group) is 1. The molecule has 5 aromatic carbocycles. The van der Waals surface area contributed by atoms with Gasteiger partial charge in [-0.15, -0.1) is 0 Å². The summed E-state index contributed by atoms with van der Waals surface area (Å²) >= 11 is 14.4. The highest BCUT2D eigenvalue weighted by Gasteiger charge is 2.52. The van der Waals surface area contributed by atoms with Gasteiger partial charge in [-0.25, -0.2) is 0 Å². The molecule has 7 aliphatic rings. The van der Waals surface area contributed by atoms with Gasteiger partial charge in [-0.1, -0.05) is 107 Å². The number of nitrogens with two attached hydrogens (primary N) is 1. The molecule has 12 rings (SSSR count). The van der Waals surface area contributed by atoms with Crippen LogP contribution in [0.1, 0.15) is 183 Å². The topological polar surface area (TPSA) is 472 Å². The molecule has 0 radical (unpaired) electrons. The van der Waals surface area contributed by atoms with Gasteiger partial charge < -0.3 is 112 Å². The number of aliphatic hydroxyl groups is 6. The normalized spacial score (nSPS) is 28.0. The van der Waals surface area contributed by atoms with E-state index in [9.17, 15) is 60.3 Å². The summed E-state index contributed by atoms with van der Waals surface area (Å²) in [6.07, 6.45) is -11.0. The molecule has 602 valence electrons. The molecule has 18 unspecified atom stereocenters. The fourth-order valence-corrected chi connectivity index (χ4v) is 15.4. The zero-order valence-corrected chi connectivity index (χ0v) is 64.1. The van der Waals surface area contributed by atoms with E-state index in [1.165, 1.54) is 55.9 Å². The molecule has 0 saturated carbocycles. The number of ketones is 3. The van der Waals surface area contributed by atoms with Gasteiger partial charge in [0.15, 0.2) is 41.2 Å². The van der Waals surface area contributed by atoms with Gasteiger partial charge in [0.05, 0.1) is 46.7 Å². The van der Waals surface area contributed by atoms with Crippen LogP contribution in [0.15, 0.2) is 78.9 Å². The van der Waals surface area contributed by atoms with Crippen molar-refractivity contribution in [2.24, 2.45) is 17.6 Å². The fourth-order valence-electron chi connectivity index (χ4n) is 14.9. The first kappa shape index (κ1) is 84.8. The monoisotopic (exact) mass is 1580 g/mol. The van der Waals surface area contributed by atoms with Crippen molar-refractivity contribution in [1.82, 2.24) is 31.9 Å². The van der Waals surface area contributed by atoms with Crippen LogP contribution in [0.2, 0.25) is 10.0 Å². The Morgan fingerprint density at radius 2 is 1.34 bits per heavy atom. The number of carbonyl (C=O) groups excluding carboxylic acids is 8. The first-order valence-corrected chi connectivity index (χ1v) is 38.1. The van der Waals surface area contributed by atoms with Crippen molar-refractivity contribution >= 4 is 70.1 Å². The number of Topliss-reactive ketones (excluding diaryl/α,β-unsaturated/α-hetero) is 3. The number of hydrogen-bond donors (Lipinski definition) is 16. The molecular formula is C79H99Cl2N7O23. The molecule has 17 N–H and O–H groups in total. The average molecular weight is 1590 g/mol. The van der Waals surface area contributed by atoms with Crippen molar-refractivity contribution < 1.29 is 113 Å². The van der Waals surface area contributed by atoms with E-state index in [2.05, 4.69) is 38.8 Å². The first-order valence-electron chi connectivity index (χ1n) is 37.4. The average Bonchev–Trinajstić information content (AvgIpc) is 0.753. The van der Waals surface area contributed by atoms with Crippen molar-refractivity contribution in [1.29, 1.82) is 0 Å². The molecule has 7 aliphatic heterocycles. The number of phenols is 3. The lowest BCUT2D eigenvalue weighted by atomic mass is 9.84. The molecule has 5 aromatic rings. The largest absolute Gasteiger partial charge is 0.508 e. The Morgan fingerprint density at radius 3 is 1.95 bits per heavy atom. The minimum absolute atomic E-state index is 0.0597. The maximum Gasteiger partial charge on any atom is 0.246 e. The van der Waals surface area contributed by atoms with Gasteiger partial charge in [-0.2, -0.15) is 0 Å². The van der Waals surface area contributed by atoms with Gasteiger partial charge in [0.2, 0.25) is 41.6 Å². The Balaban J connectivity index is 1.19. The van der Waals surface area contributed by atoms with E-state index in [0.29, 0.717) is 6.54 Å². The summed E-state index contributed by atoms with van der Waals surface area (Å²) in [5.74, 6) is -16.5. The molecule has 5 amide bonds. The first-order chi connectivity index (χ1) is 52.7. The lowest BCUT2D eigenvalue weighted by Gasteiger charge is -2.48. The third-order valence-electron chi connectivity index (χ3n) is 21.0. The number of nitrogens with one attached hydrogen (secondary N) is 6. The number of primary amides is 1. The van der Waals surface area contributed by atoms with Gasteiger partial charge in [0.1, 0.15) is 83.4 Å². The standard InChI is InChI=1S/C79H99Cl2N7O23/c1-8-9-10-11-12-13-14-15-22-84-79(6)34-61(106-38(5)73(79)101)110-72-70(100)69(99)59(35-89)109-78(72)111-71-57-28-42-29-58(71)108-56-21-18-41(26-49(56)81)68(98)66-77(105)85-63(37(4)90)47-31-44(91)32-52(93)62(47)46-24-39(16-19-51(46)92)45(75(103)88-66)33-54(95)64(42)86-74(102)43(30-60(82)96)27-53(94)65(87-76(104)50(83-7)23-36(2)3)67(97)40-17-20-55(107-57)48(80)25-40/h16-21,24-26,28-29,31-32,36,38,43,45,50,59,61,63-70,72-73,78,83-84,89,91-93,97-101H,8-15,22-23,27,30,33-35H2,1-7H3,(H2,82,96)(H,85,105)(H,86,102)(H,87,104)(H,88,103). The maximum absolute atomic E-state index is 16.3. The Labute approximate surface area is 651 Å². The third kappa shape index (κ3) is 19.7. The van der Waals surface area contributed by atoms with Crippen LogP contribution in [0.25, 0.3) is 11.1 Å². The maximum atomic E-state index is 16.3. The molecule has 2 saturated heterocycles. The Kier molecular flexibility index (Phi) is 28.2. The number of fused-ring (bicyclic) bond motifs is 15. The molecule has 18 atom stereocenters.